The second kappa shape index (κ2) is 10.4. The Hall–Kier alpha value is 0.270. The fourth-order valence-corrected chi connectivity index (χ4v) is 2.35. The SMILES string of the molecule is CCCNCC(C)CN(C)C(C)CCSC. The molecule has 0 heterocycles. The Morgan fingerprint density at radius 1 is 1.31 bits per heavy atom. The molecule has 0 fully saturated rings. The van der Waals surface area contributed by atoms with Gasteiger partial charge in [-0.2, -0.15) is 11.8 Å². The first-order chi connectivity index (χ1) is 7.61. The minimum absolute atomic E-state index is 0.709. The van der Waals surface area contributed by atoms with Crippen molar-refractivity contribution in [3.05, 3.63) is 0 Å². The van der Waals surface area contributed by atoms with Gasteiger partial charge in [-0.1, -0.05) is 13.8 Å². The summed E-state index contributed by atoms with van der Waals surface area (Å²) in [6, 6.07) is 0.709. The quantitative estimate of drug-likeness (QED) is 0.597. The lowest BCUT2D eigenvalue weighted by molar-refractivity contribution is 0.218. The van der Waals surface area contributed by atoms with Gasteiger partial charge in [0.2, 0.25) is 0 Å². The molecular formula is C13H30N2S. The molecule has 0 radical (unpaired) electrons. The van der Waals surface area contributed by atoms with Crippen molar-refractivity contribution in [2.75, 3.05) is 38.7 Å². The predicted octanol–water partition coefficient (Wildman–Crippen LogP) is 2.70. The van der Waals surface area contributed by atoms with Crippen LogP contribution < -0.4 is 5.32 Å². The summed E-state index contributed by atoms with van der Waals surface area (Å²) in [5.74, 6) is 2.02. The van der Waals surface area contributed by atoms with Crippen molar-refractivity contribution in [1.82, 2.24) is 10.2 Å². The van der Waals surface area contributed by atoms with Crippen molar-refractivity contribution in [3.63, 3.8) is 0 Å². The Balaban J connectivity index is 3.62. The average molecular weight is 246 g/mol. The van der Waals surface area contributed by atoms with Gasteiger partial charge in [0.25, 0.3) is 0 Å². The second-order valence-corrected chi connectivity index (χ2v) is 5.86. The maximum absolute atomic E-state index is 3.49. The summed E-state index contributed by atoms with van der Waals surface area (Å²) in [6.07, 6.45) is 4.71. The normalized spacial score (nSPS) is 15.4. The highest BCUT2D eigenvalue weighted by Crippen LogP contribution is 2.08. The van der Waals surface area contributed by atoms with E-state index in [1.165, 1.54) is 25.1 Å². The van der Waals surface area contributed by atoms with Crippen LogP contribution in [0.1, 0.15) is 33.6 Å². The fraction of sp³-hybridized carbons (Fsp3) is 1.00. The zero-order valence-corrected chi connectivity index (χ0v) is 12.6. The maximum Gasteiger partial charge on any atom is 0.00718 e. The minimum atomic E-state index is 0.709. The van der Waals surface area contributed by atoms with Crippen molar-refractivity contribution in [1.29, 1.82) is 0 Å². The van der Waals surface area contributed by atoms with E-state index in [0.717, 1.165) is 19.0 Å². The minimum Gasteiger partial charge on any atom is -0.316 e. The lowest BCUT2D eigenvalue weighted by Crippen LogP contribution is -2.36. The molecule has 0 spiro atoms. The van der Waals surface area contributed by atoms with E-state index in [9.17, 15) is 0 Å². The van der Waals surface area contributed by atoms with E-state index in [1.54, 1.807) is 0 Å². The Morgan fingerprint density at radius 2 is 2.00 bits per heavy atom. The number of nitrogens with zero attached hydrogens (tertiary/aromatic N) is 1. The third kappa shape index (κ3) is 8.43. The highest BCUT2D eigenvalue weighted by Gasteiger charge is 2.11. The van der Waals surface area contributed by atoms with Crippen LogP contribution in [0, 0.1) is 5.92 Å². The molecular weight excluding hydrogens is 216 g/mol. The summed E-state index contributed by atoms with van der Waals surface area (Å²) < 4.78 is 0. The van der Waals surface area contributed by atoms with E-state index >= 15 is 0 Å². The van der Waals surface area contributed by atoms with Crippen LogP contribution in [0.25, 0.3) is 0 Å². The molecule has 0 bridgehead atoms. The molecule has 0 aliphatic carbocycles. The van der Waals surface area contributed by atoms with Crippen molar-refractivity contribution in [2.24, 2.45) is 5.92 Å². The van der Waals surface area contributed by atoms with Crippen LogP contribution in [-0.4, -0.2) is 49.6 Å². The third-order valence-corrected chi connectivity index (χ3v) is 3.66. The molecule has 2 unspecified atom stereocenters. The van der Waals surface area contributed by atoms with Gasteiger partial charge in [0.15, 0.2) is 0 Å². The Kier molecular flexibility index (Phi) is 10.6. The van der Waals surface area contributed by atoms with Gasteiger partial charge in [0.1, 0.15) is 0 Å². The molecule has 0 rings (SSSR count). The maximum atomic E-state index is 3.49. The van der Waals surface area contributed by atoms with Crippen LogP contribution in [0.5, 0.6) is 0 Å². The first-order valence-electron chi connectivity index (χ1n) is 6.51. The van der Waals surface area contributed by atoms with Crippen LogP contribution in [0.2, 0.25) is 0 Å². The first kappa shape index (κ1) is 16.3. The third-order valence-electron chi connectivity index (χ3n) is 3.01. The summed E-state index contributed by atoms with van der Waals surface area (Å²) in [7, 11) is 2.25. The highest BCUT2D eigenvalue weighted by atomic mass is 32.2. The van der Waals surface area contributed by atoms with E-state index in [-0.39, 0.29) is 0 Å². The van der Waals surface area contributed by atoms with Gasteiger partial charge in [-0.3, -0.25) is 0 Å². The molecule has 3 heteroatoms. The second-order valence-electron chi connectivity index (χ2n) is 4.88. The predicted molar refractivity (Wildman–Crippen MR) is 77.4 cm³/mol. The van der Waals surface area contributed by atoms with Crippen molar-refractivity contribution < 1.29 is 0 Å². The fourth-order valence-electron chi connectivity index (χ4n) is 1.77. The molecule has 0 aliphatic heterocycles. The van der Waals surface area contributed by atoms with Crippen molar-refractivity contribution in [2.45, 2.75) is 39.7 Å². The van der Waals surface area contributed by atoms with Crippen LogP contribution in [0.4, 0.5) is 0 Å². The van der Waals surface area contributed by atoms with Crippen molar-refractivity contribution in [3.8, 4) is 0 Å². The van der Waals surface area contributed by atoms with Gasteiger partial charge in [-0.25, -0.2) is 0 Å². The lowest BCUT2D eigenvalue weighted by Gasteiger charge is -2.27. The zero-order valence-electron chi connectivity index (χ0n) is 11.8. The van der Waals surface area contributed by atoms with Gasteiger partial charge in [-0.05, 0) is 57.8 Å². The highest BCUT2D eigenvalue weighted by molar-refractivity contribution is 7.98. The molecule has 1 N–H and O–H groups in total. The molecule has 2 atom stereocenters. The molecule has 0 aromatic heterocycles. The first-order valence-corrected chi connectivity index (χ1v) is 7.91. The van der Waals surface area contributed by atoms with Crippen LogP contribution >= 0.6 is 11.8 Å². The molecule has 16 heavy (non-hydrogen) atoms. The zero-order chi connectivity index (χ0) is 12.4. The molecule has 0 saturated carbocycles. The van der Waals surface area contributed by atoms with E-state index < -0.39 is 0 Å². The van der Waals surface area contributed by atoms with Crippen molar-refractivity contribution >= 4 is 11.8 Å². The van der Waals surface area contributed by atoms with E-state index in [4.69, 9.17) is 0 Å². The molecule has 0 saturated heterocycles. The summed E-state index contributed by atoms with van der Waals surface area (Å²) >= 11 is 1.94. The number of rotatable bonds is 10. The standard InChI is InChI=1S/C13H30N2S/c1-6-8-14-10-12(2)11-15(4)13(3)7-9-16-5/h12-14H,6-11H2,1-5H3. The number of thioether (sulfide) groups is 1. The molecule has 0 aromatic carbocycles. The number of hydrogen-bond acceptors (Lipinski definition) is 3. The van der Waals surface area contributed by atoms with Gasteiger partial charge < -0.3 is 10.2 Å². The van der Waals surface area contributed by atoms with Crippen LogP contribution in [0.15, 0.2) is 0 Å². The molecule has 0 amide bonds. The van der Waals surface area contributed by atoms with Gasteiger partial charge in [-0.15, -0.1) is 0 Å². The monoisotopic (exact) mass is 246 g/mol. The summed E-state index contributed by atoms with van der Waals surface area (Å²) in [6.45, 7) is 10.4. The summed E-state index contributed by atoms with van der Waals surface area (Å²) in [5.41, 5.74) is 0. The van der Waals surface area contributed by atoms with Gasteiger partial charge >= 0.3 is 0 Å². The number of nitrogens with one attached hydrogen (secondary N) is 1. The van der Waals surface area contributed by atoms with Crippen LogP contribution in [0.3, 0.4) is 0 Å². The number of hydrogen-bond donors (Lipinski definition) is 1. The average Bonchev–Trinajstić information content (AvgIpc) is 2.26. The Labute approximate surface area is 107 Å². The largest absolute Gasteiger partial charge is 0.316 e. The van der Waals surface area contributed by atoms with Gasteiger partial charge in [0, 0.05) is 12.6 Å². The summed E-state index contributed by atoms with van der Waals surface area (Å²) in [4.78, 5) is 2.49. The molecule has 0 aliphatic rings. The smallest absolute Gasteiger partial charge is 0.00718 e. The molecule has 2 nitrogen and oxygen atoms in total. The van der Waals surface area contributed by atoms with E-state index in [0.29, 0.717) is 6.04 Å². The van der Waals surface area contributed by atoms with E-state index in [1.807, 2.05) is 11.8 Å². The topological polar surface area (TPSA) is 15.3 Å². The van der Waals surface area contributed by atoms with Gasteiger partial charge in [0.05, 0.1) is 0 Å². The Bertz CT molecular complexity index is 153. The van der Waals surface area contributed by atoms with E-state index in [2.05, 4.69) is 44.3 Å². The Morgan fingerprint density at radius 3 is 2.56 bits per heavy atom. The molecule has 98 valence electrons. The summed E-state index contributed by atoms with van der Waals surface area (Å²) in [5, 5.41) is 3.49. The molecule has 0 aromatic rings. The lowest BCUT2D eigenvalue weighted by atomic mass is 10.1. The van der Waals surface area contributed by atoms with Crippen LogP contribution in [-0.2, 0) is 0 Å².